The summed E-state index contributed by atoms with van der Waals surface area (Å²) in [5.41, 5.74) is 3.75. The van der Waals surface area contributed by atoms with Crippen molar-refractivity contribution >= 4 is 10.9 Å². The molecule has 2 N–H and O–H groups in total. The van der Waals surface area contributed by atoms with E-state index in [1.807, 2.05) is 6.20 Å². The third-order valence-electron chi connectivity index (χ3n) is 2.64. The molecule has 1 heterocycles. The Bertz CT molecular complexity index is 431. The molecule has 2 heteroatoms. The number of aliphatic hydroxyl groups excluding tert-OH is 1. The van der Waals surface area contributed by atoms with Gasteiger partial charge in [0.2, 0.25) is 0 Å². The normalized spacial score (nSPS) is 11.0. The van der Waals surface area contributed by atoms with Crippen LogP contribution in [0.15, 0.2) is 24.4 Å². The van der Waals surface area contributed by atoms with Crippen molar-refractivity contribution in [3.05, 3.63) is 35.5 Å². The summed E-state index contributed by atoms with van der Waals surface area (Å²) in [4.78, 5) is 3.24. The average Bonchev–Trinajstić information content (AvgIpc) is 2.62. The summed E-state index contributed by atoms with van der Waals surface area (Å²) < 4.78 is 0. The molecule has 0 spiro atoms. The number of aryl methyl sites for hydroxylation is 1. The van der Waals surface area contributed by atoms with Gasteiger partial charge in [-0.1, -0.05) is 19.1 Å². The lowest BCUT2D eigenvalue weighted by Crippen LogP contribution is -1.90. The molecule has 74 valence electrons. The molecule has 0 aliphatic rings. The lowest BCUT2D eigenvalue weighted by atomic mass is 10.0. The fourth-order valence-corrected chi connectivity index (χ4v) is 1.95. The molecule has 0 radical (unpaired) electrons. The van der Waals surface area contributed by atoms with Gasteiger partial charge in [0.15, 0.2) is 0 Å². The molecule has 2 nitrogen and oxygen atoms in total. The summed E-state index contributed by atoms with van der Waals surface area (Å²) in [6, 6.07) is 6.30. The van der Waals surface area contributed by atoms with Crippen LogP contribution in [-0.2, 0) is 12.8 Å². The molecule has 0 saturated carbocycles. The van der Waals surface area contributed by atoms with Gasteiger partial charge in [-0.05, 0) is 30.0 Å². The van der Waals surface area contributed by atoms with Gasteiger partial charge in [-0.15, -0.1) is 0 Å². The van der Waals surface area contributed by atoms with E-state index in [0.29, 0.717) is 0 Å². The van der Waals surface area contributed by atoms with Crippen molar-refractivity contribution in [1.82, 2.24) is 4.98 Å². The molecule has 0 unspecified atom stereocenters. The minimum absolute atomic E-state index is 0.213. The van der Waals surface area contributed by atoms with Gasteiger partial charge in [-0.2, -0.15) is 0 Å². The van der Waals surface area contributed by atoms with Crippen molar-refractivity contribution in [3.8, 4) is 0 Å². The Kier molecular flexibility index (Phi) is 2.55. The molecule has 0 aliphatic heterocycles. The number of benzene rings is 1. The number of hydrogen-bond acceptors (Lipinski definition) is 1. The zero-order valence-electron chi connectivity index (χ0n) is 8.38. The van der Waals surface area contributed by atoms with Gasteiger partial charge in [0, 0.05) is 23.7 Å². The van der Waals surface area contributed by atoms with Crippen molar-refractivity contribution in [3.63, 3.8) is 0 Å². The number of rotatable bonds is 3. The summed E-state index contributed by atoms with van der Waals surface area (Å²) in [6.45, 7) is 2.37. The van der Waals surface area contributed by atoms with E-state index in [-0.39, 0.29) is 6.61 Å². The largest absolute Gasteiger partial charge is 0.396 e. The summed E-state index contributed by atoms with van der Waals surface area (Å²) in [7, 11) is 0. The van der Waals surface area contributed by atoms with Crippen molar-refractivity contribution in [2.75, 3.05) is 6.61 Å². The quantitative estimate of drug-likeness (QED) is 0.763. The third-order valence-corrected chi connectivity index (χ3v) is 2.64. The second-order valence-electron chi connectivity index (χ2n) is 3.48. The molecule has 14 heavy (non-hydrogen) atoms. The van der Waals surface area contributed by atoms with E-state index in [0.717, 1.165) is 12.8 Å². The fourth-order valence-electron chi connectivity index (χ4n) is 1.95. The molecular formula is C12H15NO. The van der Waals surface area contributed by atoms with Crippen LogP contribution in [0, 0.1) is 0 Å². The van der Waals surface area contributed by atoms with Crippen LogP contribution in [0.1, 0.15) is 18.1 Å². The second-order valence-corrected chi connectivity index (χ2v) is 3.48. The fraction of sp³-hybridized carbons (Fsp3) is 0.333. The number of hydrogen-bond donors (Lipinski definition) is 2. The summed E-state index contributed by atoms with van der Waals surface area (Å²) in [5.74, 6) is 0. The van der Waals surface area contributed by atoms with Crippen LogP contribution < -0.4 is 0 Å². The summed E-state index contributed by atoms with van der Waals surface area (Å²) >= 11 is 0. The zero-order valence-corrected chi connectivity index (χ0v) is 8.38. The van der Waals surface area contributed by atoms with Crippen molar-refractivity contribution in [2.45, 2.75) is 19.8 Å². The highest BCUT2D eigenvalue weighted by atomic mass is 16.2. The first-order valence-electron chi connectivity index (χ1n) is 5.05. The number of aromatic nitrogens is 1. The van der Waals surface area contributed by atoms with E-state index < -0.39 is 0 Å². The maximum absolute atomic E-state index is 8.95. The van der Waals surface area contributed by atoms with Crippen LogP contribution in [0.3, 0.4) is 0 Å². The Morgan fingerprint density at radius 1 is 1.29 bits per heavy atom. The zero-order chi connectivity index (χ0) is 9.97. The van der Waals surface area contributed by atoms with Crippen LogP contribution in [0.2, 0.25) is 0 Å². The number of H-pyrrole nitrogens is 1. The number of nitrogens with one attached hydrogen (secondary N) is 1. The summed E-state index contributed by atoms with van der Waals surface area (Å²) in [6.07, 6.45) is 3.77. The van der Waals surface area contributed by atoms with Gasteiger partial charge in [0.25, 0.3) is 0 Å². The third kappa shape index (κ3) is 1.42. The highest BCUT2D eigenvalue weighted by Crippen LogP contribution is 2.23. The lowest BCUT2D eigenvalue weighted by molar-refractivity contribution is 0.300. The predicted molar refractivity (Wildman–Crippen MR) is 58.5 cm³/mol. The Labute approximate surface area is 83.6 Å². The number of fused-ring (bicyclic) bond motifs is 1. The topological polar surface area (TPSA) is 36.0 Å². The van der Waals surface area contributed by atoms with Crippen LogP contribution in [0.4, 0.5) is 0 Å². The van der Waals surface area contributed by atoms with Gasteiger partial charge in [0.05, 0.1) is 0 Å². The van der Waals surface area contributed by atoms with Gasteiger partial charge in [-0.3, -0.25) is 0 Å². The molecule has 2 rings (SSSR count). The molecule has 0 amide bonds. The van der Waals surface area contributed by atoms with Crippen molar-refractivity contribution < 1.29 is 5.11 Å². The second kappa shape index (κ2) is 3.84. The first-order valence-corrected chi connectivity index (χ1v) is 5.05. The van der Waals surface area contributed by atoms with Crippen LogP contribution in [0.25, 0.3) is 10.9 Å². The van der Waals surface area contributed by atoms with Gasteiger partial charge in [-0.25, -0.2) is 0 Å². The molecule has 0 fully saturated rings. The Morgan fingerprint density at radius 2 is 2.14 bits per heavy atom. The summed E-state index contributed by atoms with van der Waals surface area (Å²) in [5, 5.41) is 10.2. The van der Waals surface area contributed by atoms with Gasteiger partial charge < -0.3 is 10.1 Å². The molecule has 0 aliphatic carbocycles. The van der Waals surface area contributed by atoms with E-state index in [1.165, 1.54) is 22.0 Å². The van der Waals surface area contributed by atoms with Crippen LogP contribution >= 0.6 is 0 Å². The molecule has 2 aromatic rings. The molecule has 0 atom stereocenters. The van der Waals surface area contributed by atoms with E-state index in [1.54, 1.807) is 0 Å². The monoisotopic (exact) mass is 189 g/mol. The van der Waals surface area contributed by atoms with Gasteiger partial charge >= 0.3 is 0 Å². The molecule has 0 bridgehead atoms. The van der Waals surface area contributed by atoms with Crippen LogP contribution in [0.5, 0.6) is 0 Å². The minimum Gasteiger partial charge on any atom is -0.396 e. The lowest BCUT2D eigenvalue weighted by Gasteiger charge is -2.02. The van der Waals surface area contributed by atoms with Gasteiger partial charge in [0.1, 0.15) is 0 Å². The SMILES string of the molecule is CCc1cccc2[nH]cc(CCO)c12. The molecular weight excluding hydrogens is 174 g/mol. The van der Waals surface area contributed by atoms with E-state index >= 15 is 0 Å². The smallest absolute Gasteiger partial charge is 0.0472 e. The highest BCUT2D eigenvalue weighted by Gasteiger charge is 2.06. The maximum atomic E-state index is 8.95. The van der Waals surface area contributed by atoms with E-state index in [2.05, 4.69) is 30.1 Å². The van der Waals surface area contributed by atoms with Crippen molar-refractivity contribution in [2.24, 2.45) is 0 Å². The van der Waals surface area contributed by atoms with Crippen molar-refractivity contribution in [1.29, 1.82) is 0 Å². The number of aliphatic hydroxyl groups is 1. The highest BCUT2D eigenvalue weighted by molar-refractivity contribution is 5.86. The maximum Gasteiger partial charge on any atom is 0.0472 e. The predicted octanol–water partition coefficient (Wildman–Crippen LogP) is 2.27. The first-order chi connectivity index (χ1) is 6.86. The number of aromatic amines is 1. The van der Waals surface area contributed by atoms with E-state index in [9.17, 15) is 0 Å². The standard InChI is InChI=1S/C12H15NO/c1-2-9-4-3-5-11-12(9)10(6-7-14)8-13-11/h3-5,8,13-14H,2,6-7H2,1H3. The molecule has 1 aromatic carbocycles. The Hall–Kier alpha value is -1.28. The minimum atomic E-state index is 0.213. The Morgan fingerprint density at radius 3 is 2.86 bits per heavy atom. The Balaban J connectivity index is 2.62. The molecule has 1 aromatic heterocycles. The van der Waals surface area contributed by atoms with E-state index in [4.69, 9.17) is 5.11 Å². The average molecular weight is 189 g/mol. The van der Waals surface area contributed by atoms with Crippen LogP contribution in [-0.4, -0.2) is 16.7 Å². The molecule has 0 saturated heterocycles. The first kappa shape index (κ1) is 9.28.